The molecule has 1 fully saturated rings. The van der Waals surface area contributed by atoms with Crippen LogP contribution in [0, 0.1) is 0 Å². The van der Waals surface area contributed by atoms with Gasteiger partial charge in [0, 0.05) is 6.54 Å². The second-order valence-electron chi connectivity index (χ2n) is 6.07. The number of hydrogen-bond donors (Lipinski definition) is 1. The van der Waals surface area contributed by atoms with Crippen molar-refractivity contribution in [2.75, 3.05) is 6.54 Å². The number of benzene rings is 1. The van der Waals surface area contributed by atoms with Crippen molar-refractivity contribution in [3.63, 3.8) is 0 Å². The molecule has 1 N–H and O–H groups in total. The highest BCUT2D eigenvalue weighted by Crippen LogP contribution is 2.27. The zero-order valence-electron chi connectivity index (χ0n) is 13.8. The van der Waals surface area contributed by atoms with Gasteiger partial charge in [-0.2, -0.15) is 4.31 Å². The van der Waals surface area contributed by atoms with Crippen LogP contribution in [0.3, 0.4) is 0 Å². The molecule has 140 valence electrons. The Morgan fingerprint density at radius 1 is 1.27 bits per heavy atom. The average molecular weight is 417 g/mol. The Morgan fingerprint density at radius 2 is 2.08 bits per heavy atom. The van der Waals surface area contributed by atoms with Gasteiger partial charge in [0.15, 0.2) is 0 Å². The fourth-order valence-corrected chi connectivity index (χ4v) is 5.05. The Morgan fingerprint density at radius 3 is 2.77 bits per heavy atom. The number of nitrogens with one attached hydrogen (secondary N) is 1. The van der Waals surface area contributed by atoms with Gasteiger partial charge in [0.25, 0.3) is 0 Å². The van der Waals surface area contributed by atoms with Gasteiger partial charge in [0.1, 0.15) is 11.8 Å². The van der Waals surface area contributed by atoms with Crippen LogP contribution in [0.1, 0.15) is 24.2 Å². The number of halogens is 2. The van der Waals surface area contributed by atoms with Crippen molar-refractivity contribution in [2.45, 2.75) is 31.2 Å². The maximum atomic E-state index is 12.8. The summed E-state index contributed by atoms with van der Waals surface area (Å²) in [7, 11) is -3.66. The fraction of sp³-hybridized carbons (Fsp3) is 0.353. The minimum atomic E-state index is -3.66. The molecule has 1 atom stereocenters. The summed E-state index contributed by atoms with van der Waals surface area (Å²) in [5.74, 6) is 0.0597. The summed E-state index contributed by atoms with van der Waals surface area (Å²) in [6, 6.07) is 7.47. The van der Waals surface area contributed by atoms with Crippen LogP contribution in [-0.2, 0) is 27.1 Å². The number of nitrogens with zero attached hydrogens (tertiary/aromatic N) is 1. The van der Waals surface area contributed by atoms with Crippen molar-refractivity contribution in [1.82, 2.24) is 9.62 Å². The molecule has 1 aromatic carbocycles. The molecular weight excluding hydrogens is 399 g/mol. The molecular formula is C17H18Cl2N2O4S. The lowest BCUT2D eigenvalue weighted by Crippen LogP contribution is -2.46. The van der Waals surface area contributed by atoms with Gasteiger partial charge in [-0.15, -0.1) is 0 Å². The number of rotatable bonds is 6. The lowest BCUT2D eigenvalue weighted by molar-refractivity contribution is -0.124. The normalized spacial score (nSPS) is 18.2. The van der Waals surface area contributed by atoms with Crippen molar-refractivity contribution in [3.05, 3.63) is 58.0 Å². The maximum Gasteiger partial charge on any atom is 0.238 e. The third kappa shape index (κ3) is 4.40. The molecule has 0 saturated carbocycles. The van der Waals surface area contributed by atoms with Crippen molar-refractivity contribution in [3.8, 4) is 0 Å². The van der Waals surface area contributed by atoms with E-state index in [-0.39, 0.29) is 18.2 Å². The Balaban J connectivity index is 1.69. The van der Waals surface area contributed by atoms with Gasteiger partial charge < -0.3 is 9.73 Å². The number of carbonyl (C=O) groups is 1. The molecule has 0 radical (unpaired) electrons. The highest BCUT2D eigenvalue weighted by molar-refractivity contribution is 7.88. The van der Waals surface area contributed by atoms with E-state index in [0.29, 0.717) is 40.8 Å². The minimum Gasteiger partial charge on any atom is -0.467 e. The second-order valence-corrected chi connectivity index (χ2v) is 8.81. The molecule has 2 heterocycles. The standard InChI is InChI=1S/C17H18Cl2N2O4S/c18-14-6-5-12(9-15(14)19)11-26(23,24)21-7-1-4-16(21)17(22)20-10-13-3-2-8-25-13/h2-3,5-6,8-9,16H,1,4,7,10-11H2,(H,20,22). The van der Waals surface area contributed by atoms with Gasteiger partial charge in [-0.3, -0.25) is 4.79 Å². The van der Waals surface area contributed by atoms with E-state index < -0.39 is 16.1 Å². The van der Waals surface area contributed by atoms with Crippen LogP contribution >= 0.6 is 23.2 Å². The van der Waals surface area contributed by atoms with E-state index in [1.54, 1.807) is 24.3 Å². The zero-order chi connectivity index (χ0) is 18.7. The van der Waals surface area contributed by atoms with E-state index >= 15 is 0 Å². The number of carbonyl (C=O) groups excluding carboxylic acids is 1. The summed E-state index contributed by atoms with van der Waals surface area (Å²) in [5, 5.41) is 3.40. The molecule has 3 rings (SSSR count). The van der Waals surface area contributed by atoms with Crippen LogP contribution in [0.2, 0.25) is 10.0 Å². The monoisotopic (exact) mass is 416 g/mol. The Kier molecular flexibility index (Phi) is 5.92. The quantitative estimate of drug-likeness (QED) is 0.783. The molecule has 26 heavy (non-hydrogen) atoms. The largest absolute Gasteiger partial charge is 0.467 e. The minimum absolute atomic E-state index is 0.225. The fourth-order valence-electron chi connectivity index (χ4n) is 2.96. The van der Waals surface area contributed by atoms with Crippen molar-refractivity contribution in [2.24, 2.45) is 0 Å². The Bertz CT molecular complexity index is 884. The van der Waals surface area contributed by atoms with Crippen molar-refractivity contribution in [1.29, 1.82) is 0 Å². The Labute approximate surface area is 162 Å². The molecule has 1 aliphatic rings. The SMILES string of the molecule is O=C(NCc1ccco1)C1CCCN1S(=O)(=O)Cc1ccc(Cl)c(Cl)c1. The van der Waals surface area contributed by atoms with E-state index in [2.05, 4.69) is 5.32 Å². The predicted molar refractivity (Wildman–Crippen MR) is 99.4 cm³/mol. The van der Waals surface area contributed by atoms with E-state index in [1.165, 1.54) is 16.6 Å². The number of sulfonamides is 1. The van der Waals surface area contributed by atoms with Gasteiger partial charge >= 0.3 is 0 Å². The highest BCUT2D eigenvalue weighted by Gasteiger charge is 2.38. The molecule has 1 amide bonds. The number of amides is 1. The third-order valence-corrected chi connectivity index (χ3v) is 6.80. The van der Waals surface area contributed by atoms with E-state index in [0.717, 1.165) is 0 Å². The van der Waals surface area contributed by atoms with Gasteiger partial charge in [0.05, 0.1) is 28.6 Å². The smallest absolute Gasteiger partial charge is 0.238 e. The summed E-state index contributed by atoms with van der Waals surface area (Å²) in [6.45, 7) is 0.547. The van der Waals surface area contributed by atoms with Crippen molar-refractivity contribution < 1.29 is 17.6 Å². The van der Waals surface area contributed by atoms with Gasteiger partial charge in [-0.05, 0) is 42.7 Å². The molecule has 9 heteroatoms. The van der Waals surface area contributed by atoms with Crippen molar-refractivity contribution >= 4 is 39.1 Å². The molecule has 1 aliphatic heterocycles. The lowest BCUT2D eigenvalue weighted by Gasteiger charge is -2.23. The highest BCUT2D eigenvalue weighted by atomic mass is 35.5. The topological polar surface area (TPSA) is 79.6 Å². The van der Waals surface area contributed by atoms with Crippen LogP contribution < -0.4 is 5.32 Å². The first kappa shape index (κ1) is 19.2. The van der Waals surface area contributed by atoms with Crippen LogP contribution in [0.4, 0.5) is 0 Å². The van der Waals surface area contributed by atoms with Crippen LogP contribution in [-0.4, -0.2) is 31.2 Å². The summed E-state index contributed by atoms with van der Waals surface area (Å²) >= 11 is 11.8. The van der Waals surface area contributed by atoms with E-state index in [1.807, 2.05) is 0 Å². The predicted octanol–water partition coefficient (Wildman–Crippen LogP) is 3.20. The number of furan rings is 1. The van der Waals surface area contributed by atoms with Crippen LogP contribution in [0.25, 0.3) is 0 Å². The van der Waals surface area contributed by atoms with Gasteiger partial charge in [0.2, 0.25) is 15.9 Å². The summed E-state index contributed by atoms with van der Waals surface area (Å²) in [6.07, 6.45) is 2.65. The third-order valence-electron chi connectivity index (χ3n) is 4.21. The lowest BCUT2D eigenvalue weighted by atomic mass is 10.2. The molecule has 2 aromatic rings. The summed E-state index contributed by atoms with van der Waals surface area (Å²) in [4.78, 5) is 12.5. The van der Waals surface area contributed by atoms with E-state index in [9.17, 15) is 13.2 Å². The molecule has 1 unspecified atom stereocenters. The molecule has 1 aromatic heterocycles. The second kappa shape index (κ2) is 8.00. The first-order valence-corrected chi connectivity index (χ1v) is 10.5. The van der Waals surface area contributed by atoms with Crippen LogP contribution in [0.15, 0.2) is 41.0 Å². The maximum absolute atomic E-state index is 12.8. The molecule has 6 nitrogen and oxygen atoms in total. The van der Waals surface area contributed by atoms with Gasteiger partial charge in [-0.25, -0.2) is 8.42 Å². The molecule has 1 saturated heterocycles. The Hall–Kier alpha value is -1.54. The first-order chi connectivity index (χ1) is 12.4. The van der Waals surface area contributed by atoms with E-state index in [4.69, 9.17) is 27.6 Å². The zero-order valence-corrected chi connectivity index (χ0v) is 16.1. The van der Waals surface area contributed by atoms with Gasteiger partial charge in [-0.1, -0.05) is 29.3 Å². The molecule has 0 bridgehead atoms. The first-order valence-electron chi connectivity index (χ1n) is 8.10. The molecule has 0 spiro atoms. The average Bonchev–Trinajstić information content (AvgIpc) is 3.27. The van der Waals surface area contributed by atoms with Crippen LogP contribution in [0.5, 0.6) is 0 Å². The molecule has 0 aliphatic carbocycles. The summed E-state index contributed by atoms with van der Waals surface area (Å²) < 4.78 is 32.0. The summed E-state index contributed by atoms with van der Waals surface area (Å²) in [5.41, 5.74) is 0.529. The number of hydrogen-bond acceptors (Lipinski definition) is 4.